The Morgan fingerprint density at radius 2 is 2.00 bits per heavy atom. The molecule has 2 heterocycles. The van der Waals surface area contributed by atoms with E-state index in [2.05, 4.69) is 9.97 Å². The first-order valence-corrected chi connectivity index (χ1v) is 6.51. The molecule has 0 spiro atoms. The summed E-state index contributed by atoms with van der Waals surface area (Å²) in [4.78, 5) is 19.5. The van der Waals surface area contributed by atoms with E-state index < -0.39 is 6.04 Å². The molecule has 0 bridgehead atoms. The molecule has 0 amide bonds. The van der Waals surface area contributed by atoms with Crippen molar-refractivity contribution in [2.45, 2.75) is 12.5 Å². The van der Waals surface area contributed by atoms with Gasteiger partial charge in [-0.1, -0.05) is 24.3 Å². The largest absolute Gasteiger partial charge is 0.361 e. The first kappa shape index (κ1) is 12.6. The van der Waals surface area contributed by atoms with Crippen LogP contribution < -0.4 is 5.73 Å². The van der Waals surface area contributed by atoms with Gasteiger partial charge in [-0.15, -0.1) is 0 Å². The van der Waals surface area contributed by atoms with Crippen molar-refractivity contribution >= 4 is 16.7 Å². The minimum absolute atomic E-state index is 0.129. The van der Waals surface area contributed by atoms with Crippen LogP contribution in [0.4, 0.5) is 0 Å². The first-order chi connectivity index (χ1) is 9.75. The van der Waals surface area contributed by atoms with Crippen LogP contribution in [0.25, 0.3) is 10.9 Å². The van der Waals surface area contributed by atoms with Crippen LogP contribution in [0.1, 0.15) is 16.1 Å². The van der Waals surface area contributed by atoms with Gasteiger partial charge in [0.05, 0.1) is 6.04 Å². The van der Waals surface area contributed by atoms with Crippen LogP contribution in [0.15, 0.2) is 54.9 Å². The van der Waals surface area contributed by atoms with Crippen molar-refractivity contribution in [2.24, 2.45) is 5.73 Å². The maximum Gasteiger partial charge on any atom is 0.198 e. The molecule has 1 aromatic carbocycles. The second kappa shape index (κ2) is 5.27. The topological polar surface area (TPSA) is 71.8 Å². The number of ketones is 1. The number of aromatic amines is 1. The van der Waals surface area contributed by atoms with Crippen molar-refractivity contribution in [1.29, 1.82) is 0 Å². The molecule has 1 atom stereocenters. The van der Waals surface area contributed by atoms with Crippen LogP contribution in [0.5, 0.6) is 0 Å². The third-order valence-electron chi connectivity index (χ3n) is 3.37. The Labute approximate surface area is 116 Å². The van der Waals surface area contributed by atoms with Gasteiger partial charge in [-0.25, -0.2) is 0 Å². The van der Waals surface area contributed by atoms with Crippen molar-refractivity contribution in [3.63, 3.8) is 0 Å². The van der Waals surface area contributed by atoms with E-state index in [1.807, 2.05) is 30.5 Å². The summed E-state index contributed by atoms with van der Waals surface area (Å²) in [6, 6.07) is 12.7. The number of rotatable bonds is 4. The summed E-state index contributed by atoms with van der Waals surface area (Å²) in [6.45, 7) is 0. The van der Waals surface area contributed by atoms with Gasteiger partial charge in [0.25, 0.3) is 0 Å². The Balaban J connectivity index is 1.82. The lowest BCUT2D eigenvalue weighted by Crippen LogP contribution is -2.33. The zero-order valence-electron chi connectivity index (χ0n) is 10.9. The van der Waals surface area contributed by atoms with Gasteiger partial charge in [0.1, 0.15) is 5.69 Å². The average Bonchev–Trinajstić information content (AvgIpc) is 2.91. The van der Waals surface area contributed by atoms with E-state index >= 15 is 0 Å². The highest BCUT2D eigenvalue weighted by molar-refractivity contribution is 5.98. The van der Waals surface area contributed by atoms with Crippen LogP contribution in [-0.4, -0.2) is 21.8 Å². The summed E-state index contributed by atoms with van der Waals surface area (Å²) in [6.07, 6.45) is 4.02. The number of benzene rings is 1. The van der Waals surface area contributed by atoms with Gasteiger partial charge in [-0.3, -0.25) is 9.78 Å². The summed E-state index contributed by atoms with van der Waals surface area (Å²) >= 11 is 0. The molecular weight excluding hydrogens is 250 g/mol. The number of fused-ring (bicyclic) bond motifs is 1. The van der Waals surface area contributed by atoms with E-state index in [0.29, 0.717) is 12.1 Å². The first-order valence-electron chi connectivity index (χ1n) is 6.51. The minimum Gasteiger partial charge on any atom is -0.361 e. The molecule has 0 saturated heterocycles. The second-order valence-corrected chi connectivity index (χ2v) is 4.75. The second-order valence-electron chi connectivity index (χ2n) is 4.75. The number of nitrogens with two attached hydrogens (primary N) is 1. The Morgan fingerprint density at radius 3 is 2.80 bits per heavy atom. The molecule has 0 aliphatic rings. The summed E-state index contributed by atoms with van der Waals surface area (Å²) in [7, 11) is 0. The SMILES string of the molecule is N[C@@H](Cc1c[nH]c2ccccc12)C(=O)c1ccccn1. The standard InChI is InChI=1S/C16H15N3O/c17-13(16(20)15-7-3-4-8-18-15)9-11-10-19-14-6-2-1-5-12(11)14/h1-8,10,13,19H,9,17H2/t13-/m0/s1. The highest BCUT2D eigenvalue weighted by Crippen LogP contribution is 2.19. The zero-order chi connectivity index (χ0) is 13.9. The van der Waals surface area contributed by atoms with Gasteiger partial charge >= 0.3 is 0 Å². The van der Waals surface area contributed by atoms with Crippen LogP contribution in [0.2, 0.25) is 0 Å². The normalized spacial score (nSPS) is 12.4. The van der Waals surface area contributed by atoms with E-state index in [0.717, 1.165) is 16.5 Å². The number of para-hydroxylation sites is 1. The number of hydrogen-bond acceptors (Lipinski definition) is 3. The molecule has 2 aromatic heterocycles. The fourth-order valence-electron chi connectivity index (χ4n) is 2.33. The number of hydrogen-bond donors (Lipinski definition) is 2. The summed E-state index contributed by atoms with van der Waals surface area (Å²) in [5, 5.41) is 1.11. The number of H-pyrrole nitrogens is 1. The molecule has 0 radical (unpaired) electrons. The molecule has 20 heavy (non-hydrogen) atoms. The number of Topliss-reactive ketones (excluding diaryl/α,β-unsaturated/α-hetero) is 1. The van der Waals surface area contributed by atoms with Crippen molar-refractivity contribution in [3.8, 4) is 0 Å². The van der Waals surface area contributed by atoms with E-state index in [9.17, 15) is 4.79 Å². The van der Waals surface area contributed by atoms with Crippen molar-refractivity contribution in [1.82, 2.24) is 9.97 Å². The van der Waals surface area contributed by atoms with E-state index in [1.165, 1.54) is 0 Å². The average molecular weight is 265 g/mol. The zero-order valence-corrected chi connectivity index (χ0v) is 10.9. The quantitative estimate of drug-likeness (QED) is 0.711. The number of carbonyl (C=O) groups excluding carboxylic acids is 1. The van der Waals surface area contributed by atoms with Gasteiger partial charge in [0, 0.05) is 23.3 Å². The highest BCUT2D eigenvalue weighted by Gasteiger charge is 2.18. The minimum atomic E-state index is -0.580. The van der Waals surface area contributed by atoms with Crippen LogP contribution in [0, 0.1) is 0 Å². The van der Waals surface area contributed by atoms with Gasteiger partial charge in [0.2, 0.25) is 0 Å². The molecule has 4 heteroatoms. The number of nitrogens with one attached hydrogen (secondary N) is 1. The lowest BCUT2D eigenvalue weighted by atomic mass is 10.0. The molecule has 3 rings (SSSR count). The van der Waals surface area contributed by atoms with Crippen molar-refractivity contribution in [3.05, 3.63) is 66.1 Å². The lowest BCUT2D eigenvalue weighted by Gasteiger charge is -2.09. The van der Waals surface area contributed by atoms with E-state index in [1.54, 1.807) is 24.4 Å². The highest BCUT2D eigenvalue weighted by atomic mass is 16.1. The van der Waals surface area contributed by atoms with Gasteiger partial charge in [0.15, 0.2) is 5.78 Å². The maximum absolute atomic E-state index is 12.2. The molecule has 0 aliphatic carbocycles. The van der Waals surface area contributed by atoms with Crippen molar-refractivity contribution < 1.29 is 4.79 Å². The van der Waals surface area contributed by atoms with Crippen LogP contribution >= 0.6 is 0 Å². The van der Waals surface area contributed by atoms with E-state index in [4.69, 9.17) is 5.73 Å². The Morgan fingerprint density at radius 1 is 1.20 bits per heavy atom. The molecule has 4 nitrogen and oxygen atoms in total. The fraction of sp³-hybridized carbons (Fsp3) is 0.125. The van der Waals surface area contributed by atoms with Crippen LogP contribution in [-0.2, 0) is 6.42 Å². The van der Waals surface area contributed by atoms with Crippen molar-refractivity contribution in [2.75, 3.05) is 0 Å². The summed E-state index contributed by atoms with van der Waals surface area (Å²) < 4.78 is 0. The molecule has 100 valence electrons. The molecular formula is C16H15N3O. The monoisotopic (exact) mass is 265 g/mol. The summed E-state index contributed by atoms with van der Waals surface area (Å²) in [5.41, 5.74) is 8.55. The number of aromatic nitrogens is 2. The Kier molecular flexibility index (Phi) is 3.31. The maximum atomic E-state index is 12.2. The Hall–Kier alpha value is -2.46. The number of carbonyl (C=O) groups is 1. The smallest absolute Gasteiger partial charge is 0.198 e. The predicted molar refractivity (Wildman–Crippen MR) is 78.5 cm³/mol. The molecule has 3 N–H and O–H groups in total. The predicted octanol–water partition coefficient (Wildman–Crippen LogP) is 2.32. The van der Waals surface area contributed by atoms with Gasteiger partial charge in [-0.2, -0.15) is 0 Å². The van der Waals surface area contributed by atoms with Gasteiger partial charge in [-0.05, 0) is 30.2 Å². The molecule has 0 saturated carbocycles. The number of nitrogens with zero attached hydrogens (tertiary/aromatic N) is 1. The van der Waals surface area contributed by atoms with Gasteiger partial charge < -0.3 is 10.7 Å². The van der Waals surface area contributed by atoms with E-state index in [-0.39, 0.29) is 5.78 Å². The molecule has 0 fully saturated rings. The van der Waals surface area contributed by atoms with Crippen LogP contribution in [0.3, 0.4) is 0 Å². The molecule has 0 unspecified atom stereocenters. The molecule has 0 aliphatic heterocycles. The third kappa shape index (κ3) is 2.33. The fourth-order valence-corrected chi connectivity index (χ4v) is 2.33. The Bertz CT molecular complexity index is 734. The summed E-state index contributed by atoms with van der Waals surface area (Å²) in [5.74, 6) is -0.129. The number of pyridine rings is 1. The molecule has 3 aromatic rings. The lowest BCUT2D eigenvalue weighted by molar-refractivity contribution is 0.0956. The third-order valence-corrected chi connectivity index (χ3v) is 3.37.